The van der Waals surface area contributed by atoms with Crippen LogP contribution in [0.5, 0.6) is 0 Å². The van der Waals surface area contributed by atoms with Gasteiger partial charge in [0, 0.05) is 37.3 Å². The molecular formula is C17H19N5O2. The van der Waals surface area contributed by atoms with Gasteiger partial charge in [0.2, 0.25) is 0 Å². The Balaban J connectivity index is 1.51. The summed E-state index contributed by atoms with van der Waals surface area (Å²) in [4.78, 5) is 16.9. The van der Waals surface area contributed by atoms with Crippen LogP contribution in [0.15, 0.2) is 43.0 Å². The second kappa shape index (κ2) is 6.09. The highest BCUT2D eigenvalue weighted by Gasteiger charge is 2.32. The van der Waals surface area contributed by atoms with Gasteiger partial charge in [-0.3, -0.25) is 9.48 Å². The lowest BCUT2D eigenvalue weighted by Gasteiger charge is -2.18. The lowest BCUT2D eigenvalue weighted by Crippen LogP contribution is -2.36. The molecule has 1 amide bonds. The van der Waals surface area contributed by atoms with Crippen LogP contribution in [-0.4, -0.2) is 37.7 Å². The monoisotopic (exact) mass is 325 g/mol. The number of ether oxygens (including phenoxy) is 1. The summed E-state index contributed by atoms with van der Waals surface area (Å²) in [5.41, 5.74) is 2.16. The molecule has 0 aromatic carbocycles. The van der Waals surface area contributed by atoms with Crippen molar-refractivity contribution in [1.29, 1.82) is 0 Å². The molecule has 0 bridgehead atoms. The van der Waals surface area contributed by atoms with E-state index in [0.717, 1.165) is 24.2 Å². The number of rotatable bonds is 4. The number of aryl methyl sites for hydroxylation is 1. The molecule has 0 spiro atoms. The maximum Gasteiger partial charge on any atom is 0.271 e. The average molecular weight is 325 g/mol. The van der Waals surface area contributed by atoms with E-state index in [1.807, 2.05) is 52.8 Å². The van der Waals surface area contributed by atoms with Crippen LogP contribution in [0.25, 0.3) is 5.65 Å². The molecule has 3 aromatic heterocycles. The van der Waals surface area contributed by atoms with Crippen LogP contribution < -0.4 is 5.32 Å². The minimum Gasteiger partial charge on any atom is -0.371 e. The molecule has 24 heavy (non-hydrogen) atoms. The summed E-state index contributed by atoms with van der Waals surface area (Å²) >= 11 is 0. The number of carbonyl (C=O) groups is 1. The molecule has 7 heteroatoms. The van der Waals surface area contributed by atoms with Crippen molar-refractivity contribution in [2.75, 3.05) is 6.61 Å². The zero-order valence-electron chi connectivity index (χ0n) is 13.4. The first-order valence-electron chi connectivity index (χ1n) is 8.13. The summed E-state index contributed by atoms with van der Waals surface area (Å²) in [6, 6.07) is 5.60. The Morgan fingerprint density at radius 3 is 3.12 bits per heavy atom. The number of carbonyl (C=O) groups excluding carboxylic acids is 1. The van der Waals surface area contributed by atoms with E-state index in [1.54, 1.807) is 6.20 Å². The van der Waals surface area contributed by atoms with Gasteiger partial charge in [-0.05, 0) is 25.5 Å². The Hall–Kier alpha value is -2.67. The first kappa shape index (κ1) is 14.9. The van der Waals surface area contributed by atoms with Gasteiger partial charge >= 0.3 is 0 Å². The fraction of sp³-hybridized carbons (Fsp3) is 0.353. The number of nitrogens with zero attached hydrogens (tertiary/aromatic N) is 4. The van der Waals surface area contributed by atoms with Gasteiger partial charge in [0.15, 0.2) is 0 Å². The summed E-state index contributed by atoms with van der Waals surface area (Å²) in [5.74, 6) is -0.179. The molecule has 0 radical (unpaired) electrons. The van der Waals surface area contributed by atoms with E-state index in [4.69, 9.17) is 4.74 Å². The summed E-state index contributed by atoms with van der Waals surface area (Å²) in [5, 5.41) is 7.34. The van der Waals surface area contributed by atoms with E-state index >= 15 is 0 Å². The van der Waals surface area contributed by atoms with Gasteiger partial charge in [-0.25, -0.2) is 4.98 Å². The summed E-state index contributed by atoms with van der Waals surface area (Å²) in [7, 11) is 0. The Morgan fingerprint density at radius 2 is 2.33 bits per heavy atom. The molecule has 124 valence electrons. The fourth-order valence-electron chi connectivity index (χ4n) is 3.05. The highest BCUT2D eigenvalue weighted by molar-refractivity contribution is 5.93. The maximum atomic E-state index is 12.5. The number of hydrogen-bond donors (Lipinski definition) is 1. The van der Waals surface area contributed by atoms with Crippen molar-refractivity contribution in [3.63, 3.8) is 0 Å². The number of aromatic nitrogens is 4. The van der Waals surface area contributed by atoms with Crippen LogP contribution in [0.2, 0.25) is 0 Å². The first-order valence-corrected chi connectivity index (χ1v) is 8.13. The SMILES string of the molecule is CCn1cc([C@H]2OCC[C@@H]2NC(=O)c2cn3ccccc3n2)cn1. The number of fused-ring (bicyclic) bond motifs is 1. The van der Waals surface area contributed by atoms with Crippen molar-refractivity contribution in [3.05, 3.63) is 54.2 Å². The zero-order valence-corrected chi connectivity index (χ0v) is 13.4. The molecule has 3 aromatic rings. The highest BCUT2D eigenvalue weighted by atomic mass is 16.5. The number of imidazole rings is 1. The number of hydrogen-bond acceptors (Lipinski definition) is 4. The van der Waals surface area contributed by atoms with Crippen LogP contribution in [-0.2, 0) is 11.3 Å². The normalized spacial score (nSPS) is 20.5. The standard InChI is InChI=1S/C17H19N5O2/c1-2-22-10-12(9-18-22)16-13(6-8-24-16)20-17(23)14-11-21-7-4-3-5-15(21)19-14/h3-5,7,9-11,13,16H,2,6,8H2,1H3,(H,20,23)/t13-,16+/m0/s1. The van der Waals surface area contributed by atoms with Gasteiger partial charge in [0.25, 0.3) is 5.91 Å². The van der Waals surface area contributed by atoms with Crippen LogP contribution in [0.4, 0.5) is 0 Å². The first-order chi connectivity index (χ1) is 11.7. The van der Waals surface area contributed by atoms with E-state index in [0.29, 0.717) is 12.3 Å². The summed E-state index contributed by atoms with van der Waals surface area (Å²) < 4.78 is 9.51. The molecule has 7 nitrogen and oxygen atoms in total. The highest BCUT2D eigenvalue weighted by Crippen LogP contribution is 2.29. The predicted octanol–water partition coefficient (Wildman–Crippen LogP) is 1.81. The van der Waals surface area contributed by atoms with Gasteiger partial charge in [-0.2, -0.15) is 5.10 Å². The Bertz CT molecular complexity index is 836. The third-order valence-corrected chi connectivity index (χ3v) is 4.31. The minimum absolute atomic E-state index is 0.0724. The fourth-order valence-corrected chi connectivity index (χ4v) is 3.05. The van der Waals surface area contributed by atoms with E-state index < -0.39 is 0 Å². The van der Waals surface area contributed by atoms with Crippen molar-refractivity contribution in [1.82, 2.24) is 24.5 Å². The molecule has 1 saturated heterocycles. The van der Waals surface area contributed by atoms with Crippen molar-refractivity contribution >= 4 is 11.6 Å². The molecule has 4 rings (SSSR count). The maximum absolute atomic E-state index is 12.5. The second-order valence-corrected chi connectivity index (χ2v) is 5.88. The largest absolute Gasteiger partial charge is 0.371 e. The number of pyridine rings is 1. The zero-order chi connectivity index (χ0) is 16.5. The van der Waals surface area contributed by atoms with E-state index in [-0.39, 0.29) is 18.1 Å². The van der Waals surface area contributed by atoms with E-state index in [9.17, 15) is 4.79 Å². The number of amides is 1. The average Bonchev–Trinajstić information content (AvgIpc) is 3.32. The van der Waals surface area contributed by atoms with Crippen molar-refractivity contribution in [2.45, 2.75) is 32.0 Å². The lowest BCUT2D eigenvalue weighted by atomic mass is 10.1. The van der Waals surface area contributed by atoms with Crippen LogP contribution in [0.3, 0.4) is 0 Å². The molecule has 1 fully saturated rings. The lowest BCUT2D eigenvalue weighted by molar-refractivity contribution is 0.0818. The molecule has 1 aliphatic heterocycles. The molecular weight excluding hydrogens is 306 g/mol. The molecule has 0 unspecified atom stereocenters. The molecule has 0 aliphatic carbocycles. The minimum atomic E-state index is -0.179. The topological polar surface area (TPSA) is 73.5 Å². The Labute approximate surface area is 139 Å². The van der Waals surface area contributed by atoms with Crippen LogP contribution in [0.1, 0.15) is 35.5 Å². The molecule has 4 heterocycles. The molecule has 2 atom stereocenters. The van der Waals surface area contributed by atoms with Crippen LogP contribution >= 0.6 is 0 Å². The van der Waals surface area contributed by atoms with Gasteiger partial charge in [0.05, 0.1) is 12.2 Å². The van der Waals surface area contributed by atoms with Crippen LogP contribution in [0, 0.1) is 0 Å². The van der Waals surface area contributed by atoms with Crippen molar-refractivity contribution in [3.8, 4) is 0 Å². The Morgan fingerprint density at radius 1 is 1.42 bits per heavy atom. The van der Waals surface area contributed by atoms with Gasteiger partial charge in [-0.1, -0.05) is 6.07 Å². The van der Waals surface area contributed by atoms with Gasteiger partial charge < -0.3 is 14.5 Å². The second-order valence-electron chi connectivity index (χ2n) is 5.88. The van der Waals surface area contributed by atoms with Crippen molar-refractivity contribution in [2.24, 2.45) is 0 Å². The smallest absolute Gasteiger partial charge is 0.271 e. The third kappa shape index (κ3) is 2.67. The quantitative estimate of drug-likeness (QED) is 0.794. The third-order valence-electron chi connectivity index (χ3n) is 4.31. The predicted molar refractivity (Wildman–Crippen MR) is 87.7 cm³/mol. The number of nitrogens with one attached hydrogen (secondary N) is 1. The summed E-state index contributed by atoms with van der Waals surface area (Å²) in [6.07, 6.45) is 8.01. The molecule has 0 saturated carbocycles. The van der Waals surface area contributed by atoms with E-state index in [1.165, 1.54) is 0 Å². The Kier molecular flexibility index (Phi) is 3.78. The molecule has 1 aliphatic rings. The molecule has 1 N–H and O–H groups in total. The van der Waals surface area contributed by atoms with Crippen molar-refractivity contribution < 1.29 is 9.53 Å². The van der Waals surface area contributed by atoms with Gasteiger partial charge in [0.1, 0.15) is 17.4 Å². The van der Waals surface area contributed by atoms with Gasteiger partial charge in [-0.15, -0.1) is 0 Å². The van der Waals surface area contributed by atoms with E-state index in [2.05, 4.69) is 15.4 Å². The summed E-state index contributed by atoms with van der Waals surface area (Å²) in [6.45, 7) is 3.47.